The van der Waals surface area contributed by atoms with Gasteiger partial charge >= 0.3 is 0 Å². The van der Waals surface area contributed by atoms with E-state index in [1.807, 2.05) is 19.2 Å². The van der Waals surface area contributed by atoms with Crippen molar-refractivity contribution in [2.24, 2.45) is 5.41 Å². The molecule has 3 aromatic rings. The topological polar surface area (TPSA) is 62.8 Å². The number of pyridine rings is 2. The fourth-order valence-corrected chi connectivity index (χ4v) is 5.15. The molecule has 0 amide bonds. The summed E-state index contributed by atoms with van der Waals surface area (Å²) >= 11 is 0. The Labute approximate surface area is 193 Å². The highest BCUT2D eigenvalue weighted by atomic mass is 19.1. The standard InChI is InChI=1S/C25H30FN5O2/c1-27-7-9-33-24-5-4-17(13-28-24)20-11-22(31-8-6-25(16-31)14-30(2)15-25)18-10-19(26)23(32-3)12-21(18)29-20/h4-5,10-13,27H,6-9,14-16H2,1-3H3. The lowest BCUT2D eigenvalue weighted by Crippen LogP contribution is -2.55. The largest absolute Gasteiger partial charge is 0.494 e. The highest BCUT2D eigenvalue weighted by molar-refractivity contribution is 5.95. The van der Waals surface area contributed by atoms with Crippen LogP contribution in [-0.2, 0) is 0 Å². The molecule has 4 heterocycles. The predicted octanol–water partition coefficient (Wildman–Crippen LogP) is 3.18. The first-order valence-electron chi connectivity index (χ1n) is 11.4. The van der Waals surface area contributed by atoms with Crippen molar-refractivity contribution >= 4 is 16.6 Å². The molecule has 0 saturated carbocycles. The van der Waals surface area contributed by atoms with Crippen LogP contribution in [0, 0.1) is 11.2 Å². The van der Waals surface area contributed by atoms with Gasteiger partial charge in [0, 0.05) is 73.1 Å². The van der Waals surface area contributed by atoms with Gasteiger partial charge in [0.05, 0.1) is 18.3 Å². The molecule has 0 unspecified atom stereocenters. The second kappa shape index (κ2) is 8.76. The molecule has 0 atom stereocenters. The monoisotopic (exact) mass is 451 g/mol. The zero-order valence-electron chi connectivity index (χ0n) is 19.4. The van der Waals surface area contributed by atoms with Crippen molar-refractivity contribution in [1.29, 1.82) is 0 Å². The summed E-state index contributed by atoms with van der Waals surface area (Å²) in [5.74, 6) is 0.403. The van der Waals surface area contributed by atoms with Crippen LogP contribution in [-0.4, -0.2) is 75.4 Å². The van der Waals surface area contributed by atoms with Crippen LogP contribution in [0.3, 0.4) is 0 Å². The molecule has 7 nitrogen and oxygen atoms in total. The highest BCUT2D eigenvalue weighted by Crippen LogP contribution is 2.43. The maximum absolute atomic E-state index is 14.7. The summed E-state index contributed by atoms with van der Waals surface area (Å²) in [6, 6.07) is 9.12. The van der Waals surface area contributed by atoms with E-state index in [1.165, 1.54) is 7.11 Å². The van der Waals surface area contributed by atoms with Gasteiger partial charge in [0.15, 0.2) is 11.6 Å². The third kappa shape index (κ3) is 4.20. The number of hydrogen-bond donors (Lipinski definition) is 1. The SMILES string of the molecule is CNCCOc1ccc(-c2cc(N3CCC4(CN(C)C4)C3)c3cc(F)c(OC)cc3n2)cn1. The van der Waals surface area contributed by atoms with Crippen molar-refractivity contribution in [2.45, 2.75) is 6.42 Å². The van der Waals surface area contributed by atoms with E-state index in [-0.39, 0.29) is 11.6 Å². The van der Waals surface area contributed by atoms with Crippen LogP contribution in [0.2, 0.25) is 0 Å². The van der Waals surface area contributed by atoms with Crippen LogP contribution in [0.5, 0.6) is 11.6 Å². The lowest BCUT2D eigenvalue weighted by molar-refractivity contribution is 0.0424. The van der Waals surface area contributed by atoms with Crippen molar-refractivity contribution < 1.29 is 13.9 Å². The molecule has 0 radical (unpaired) electrons. The third-order valence-corrected chi connectivity index (χ3v) is 6.68. The van der Waals surface area contributed by atoms with Gasteiger partial charge in [-0.2, -0.15) is 0 Å². The number of aromatic nitrogens is 2. The summed E-state index contributed by atoms with van der Waals surface area (Å²) in [6.07, 6.45) is 2.93. The minimum Gasteiger partial charge on any atom is -0.494 e. The van der Waals surface area contributed by atoms with E-state index < -0.39 is 0 Å². The molecule has 8 heteroatoms. The summed E-state index contributed by atoms with van der Waals surface area (Å²) in [5.41, 5.74) is 3.74. The quantitative estimate of drug-likeness (QED) is 0.554. The molecule has 2 aromatic heterocycles. The summed E-state index contributed by atoms with van der Waals surface area (Å²) in [7, 11) is 5.52. The van der Waals surface area contributed by atoms with Gasteiger partial charge in [-0.25, -0.2) is 14.4 Å². The van der Waals surface area contributed by atoms with E-state index in [9.17, 15) is 4.39 Å². The van der Waals surface area contributed by atoms with E-state index in [4.69, 9.17) is 14.5 Å². The Morgan fingerprint density at radius 3 is 2.73 bits per heavy atom. The van der Waals surface area contributed by atoms with E-state index in [0.717, 1.165) is 61.5 Å². The van der Waals surface area contributed by atoms with E-state index >= 15 is 0 Å². The number of nitrogens with one attached hydrogen (secondary N) is 1. The van der Waals surface area contributed by atoms with Gasteiger partial charge in [0.2, 0.25) is 5.88 Å². The van der Waals surface area contributed by atoms with Crippen LogP contribution in [0.25, 0.3) is 22.2 Å². The molecule has 2 fully saturated rings. The molecule has 2 aliphatic rings. The molecule has 2 aliphatic heterocycles. The second-order valence-corrected chi connectivity index (χ2v) is 9.21. The lowest BCUT2D eigenvalue weighted by atomic mass is 9.79. The van der Waals surface area contributed by atoms with E-state index in [2.05, 4.69) is 33.2 Å². The molecule has 1 N–H and O–H groups in total. The Morgan fingerprint density at radius 1 is 1.18 bits per heavy atom. The number of fused-ring (bicyclic) bond motifs is 1. The predicted molar refractivity (Wildman–Crippen MR) is 128 cm³/mol. The maximum Gasteiger partial charge on any atom is 0.213 e. The summed E-state index contributed by atoms with van der Waals surface area (Å²) in [5, 5.41) is 3.86. The van der Waals surface area contributed by atoms with Gasteiger partial charge < -0.3 is 24.6 Å². The number of hydrogen-bond acceptors (Lipinski definition) is 7. The molecule has 0 aliphatic carbocycles. The number of ether oxygens (including phenoxy) is 2. The van der Waals surface area contributed by atoms with Gasteiger partial charge in [-0.05, 0) is 38.7 Å². The summed E-state index contributed by atoms with van der Waals surface area (Å²) in [6.45, 7) is 5.46. The summed E-state index contributed by atoms with van der Waals surface area (Å²) in [4.78, 5) is 14.0. The van der Waals surface area contributed by atoms with Crippen LogP contribution in [0.1, 0.15) is 6.42 Å². The minimum absolute atomic E-state index is 0.197. The first kappa shape index (κ1) is 21.9. The van der Waals surface area contributed by atoms with E-state index in [0.29, 0.717) is 23.4 Å². The van der Waals surface area contributed by atoms with Crippen molar-refractivity contribution in [2.75, 3.05) is 65.4 Å². The molecular weight excluding hydrogens is 421 g/mol. The third-order valence-electron chi connectivity index (χ3n) is 6.68. The number of likely N-dealkylation sites (tertiary alicyclic amines) is 1. The van der Waals surface area contributed by atoms with Crippen molar-refractivity contribution in [1.82, 2.24) is 20.2 Å². The van der Waals surface area contributed by atoms with Gasteiger partial charge in [0.1, 0.15) is 6.61 Å². The Bertz CT molecular complexity index is 1150. The molecule has 1 spiro atoms. The normalized spacial score (nSPS) is 17.5. The number of benzene rings is 1. The smallest absolute Gasteiger partial charge is 0.213 e. The first-order chi connectivity index (χ1) is 16.0. The average Bonchev–Trinajstić information content (AvgIpc) is 3.23. The second-order valence-electron chi connectivity index (χ2n) is 9.21. The average molecular weight is 452 g/mol. The molecular formula is C25H30FN5O2. The molecule has 1 aromatic carbocycles. The fourth-order valence-electron chi connectivity index (χ4n) is 5.15. The Hall–Kier alpha value is -2.97. The van der Waals surface area contributed by atoms with Gasteiger partial charge in [-0.1, -0.05) is 0 Å². The van der Waals surface area contributed by atoms with Crippen LogP contribution in [0.4, 0.5) is 10.1 Å². The number of likely N-dealkylation sites (N-methyl/N-ethyl adjacent to an activating group) is 1. The number of rotatable bonds is 7. The Balaban J connectivity index is 1.52. The lowest BCUT2D eigenvalue weighted by Gasteiger charge is -2.46. The Kier molecular flexibility index (Phi) is 5.80. The maximum atomic E-state index is 14.7. The van der Waals surface area contributed by atoms with E-state index in [1.54, 1.807) is 18.3 Å². The van der Waals surface area contributed by atoms with Gasteiger partial charge in [-0.15, -0.1) is 0 Å². The number of methoxy groups -OCH3 is 1. The zero-order chi connectivity index (χ0) is 23.0. The van der Waals surface area contributed by atoms with Crippen LogP contribution < -0.4 is 19.7 Å². The van der Waals surface area contributed by atoms with Crippen LogP contribution >= 0.6 is 0 Å². The number of nitrogens with zero attached hydrogens (tertiary/aromatic N) is 4. The molecule has 0 bridgehead atoms. The van der Waals surface area contributed by atoms with Crippen molar-refractivity contribution in [3.05, 3.63) is 42.3 Å². The molecule has 2 saturated heterocycles. The minimum atomic E-state index is -0.372. The van der Waals surface area contributed by atoms with Crippen molar-refractivity contribution in [3.8, 4) is 22.9 Å². The molecule has 33 heavy (non-hydrogen) atoms. The summed E-state index contributed by atoms with van der Waals surface area (Å²) < 4.78 is 25.5. The Morgan fingerprint density at radius 2 is 2.03 bits per heavy atom. The zero-order valence-corrected chi connectivity index (χ0v) is 19.4. The molecule has 174 valence electrons. The van der Waals surface area contributed by atoms with Gasteiger partial charge in [0.25, 0.3) is 0 Å². The fraction of sp³-hybridized carbons (Fsp3) is 0.440. The number of halogens is 1. The molecule has 5 rings (SSSR count). The first-order valence-corrected chi connectivity index (χ1v) is 11.4. The van der Waals surface area contributed by atoms with Crippen LogP contribution in [0.15, 0.2) is 36.5 Å². The van der Waals surface area contributed by atoms with Gasteiger partial charge in [-0.3, -0.25) is 0 Å². The van der Waals surface area contributed by atoms with Crippen molar-refractivity contribution in [3.63, 3.8) is 0 Å². The highest BCUT2D eigenvalue weighted by Gasteiger charge is 2.46. The number of anilines is 1.